The van der Waals surface area contributed by atoms with Crippen molar-refractivity contribution >= 4 is 24.8 Å². The lowest BCUT2D eigenvalue weighted by atomic mass is 10.0. The molecule has 0 aliphatic carbocycles. The number of esters is 1. The van der Waals surface area contributed by atoms with Gasteiger partial charge in [-0.3, -0.25) is 4.79 Å². The highest BCUT2D eigenvalue weighted by molar-refractivity contribution is 7.78. The molecule has 1 unspecified atom stereocenters. The van der Waals surface area contributed by atoms with E-state index in [4.69, 9.17) is 4.74 Å². The summed E-state index contributed by atoms with van der Waals surface area (Å²) < 4.78 is 5.63. The van der Waals surface area contributed by atoms with Gasteiger partial charge in [0, 0.05) is 12.9 Å². The molecule has 1 atom stereocenters. The summed E-state index contributed by atoms with van der Waals surface area (Å²) in [6.07, 6.45) is 6.13. The first kappa shape index (κ1) is 24.9. The van der Waals surface area contributed by atoms with Crippen molar-refractivity contribution < 1.29 is 14.3 Å². The van der Waals surface area contributed by atoms with Crippen LogP contribution in [0.15, 0.2) is 42.5 Å². The highest BCUT2D eigenvalue weighted by Crippen LogP contribution is 2.68. The molecule has 5 nitrogen and oxygen atoms in total. The number of hydrogen-bond acceptors (Lipinski definition) is 4. The van der Waals surface area contributed by atoms with Gasteiger partial charge < -0.3 is 10.1 Å². The average Bonchev–Trinajstić information content (AvgIpc) is 3.27. The predicted molar refractivity (Wildman–Crippen MR) is 135 cm³/mol. The number of rotatable bonds is 9. The number of ether oxygens (including phenoxy) is 1. The number of anilines is 1. The zero-order valence-electron chi connectivity index (χ0n) is 19.9. The van der Waals surface area contributed by atoms with Crippen LogP contribution in [-0.2, 0) is 20.9 Å². The van der Waals surface area contributed by atoms with Crippen molar-refractivity contribution in [2.24, 2.45) is 0 Å². The van der Waals surface area contributed by atoms with E-state index in [1.807, 2.05) is 44.2 Å². The predicted octanol–water partition coefficient (Wildman–Crippen LogP) is 5.84. The largest absolute Gasteiger partial charge is 0.458 e. The van der Waals surface area contributed by atoms with Gasteiger partial charge in [-0.15, -0.1) is 0 Å². The number of nitrogens with one attached hydrogen (secondary N) is 1. The van der Waals surface area contributed by atoms with Crippen LogP contribution >= 0.6 is 7.26 Å². The minimum atomic E-state index is -1.83. The molecule has 2 aromatic rings. The Morgan fingerprint density at radius 3 is 2.33 bits per heavy atom. The van der Waals surface area contributed by atoms with Gasteiger partial charge >= 0.3 is 5.97 Å². The lowest BCUT2D eigenvalue weighted by Crippen LogP contribution is -2.34. The van der Waals surface area contributed by atoms with Gasteiger partial charge in [0.1, 0.15) is 12.3 Å². The highest BCUT2D eigenvalue weighted by atomic mass is 31.2. The maximum atomic E-state index is 13.6. The van der Waals surface area contributed by atoms with Gasteiger partial charge in [-0.25, -0.2) is 4.79 Å². The van der Waals surface area contributed by atoms with Crippen LogP contribution in [0.1, 0.15) is 54.9 Å². The van der Waals surface area contributed by atoms with E-state index < -0.39 is 7.26 Å². The van der Waals surface area contributed by atoms with Gasteiger partial charge in [0.05, 0.1) is 24.0 Å². The second-order valence-electron chi connectivity index (χ2n) is 9.07. The van der Waals surface area contributed by atoms with E-state index in [0.29, 0.717) is 11.7 Å². The molecule has 0 bridgehead atoms. The zero-order chi connectivity index (χ0) is 23.8. The second-order valence-corrected chi connectivity index (χ2v) is 13.3. The Kier molecular flexibility index (Phi) is 8.64. The number of amides is 1. The van der Waals surface area contributed by atoms with Crippen LogP contribution in [0.5, 0.6) is 0 Å². The van der Waals surface area contributed by atoms with Crippen molar-refractivity contribution in [2.45, 2.75) is 58.7 Å². The molecule has 1 N–H and O–H groups in total. The number of carbonyl (C=O) groups excluding carboxylic acids is 2. The number of nitrogens with zero attached hydrogens (tertiary/aromatic N) is 1. The molecule has 0 spiro atoms. The topological polar surface area (TPSA) is 79.2 Å². The summed E-state index contributed by atoms with van der Waals surface area (Å²) in [7, 11) is -1.83. The summed E-state index contributed by atoms with van der Waals surface area (Å²) in [6, 6.07) is 15.5. The lowest BCUT2D eigenvalue weighted by molar-refractivity contribution is -0.141. The van der Waals surface area contributed by atoms with Gasteiger partial charge in [-0.2, -0.15) is 5.26 Å². The maximum Gasteiger partial charge on any atom is 0.344 e. The van der Waals surface area contributed by atoms with Crippen molar-refractivity contribution in [3.8, 4) is 6.07 Å². The van der Waals surface area contributed by atoms with Crippen molar-refractivity contribution in [3.05, 3.63) is 64.7 Å². The third-order valence-electron chi connectivity index (χ3n) is 6.58. The Bertz CT molecular complexity index is 1000. The third kappa shape index (κ3) is 6.21. The summed E-state index contributed by atoms with van der Waals surface area (Å²) in [5.74, 6) is -0.174. The minimum Gasteiger partial charge on any atom is -0.458 e. The summed E-state index contributed by atoms with van der Waals surface area (Å²) in [5, 5.41) is 12.4. The number of carbonyl (C=O) groups is 2. The van der Waals surface area contributed by atoms with Crippen molar-refractivity contribution in [2.75, 3.05) is 23.8 Å². The molecule has 1 aliphatic rings. The first-order valence-corrected chi connectivity index (χ1v) is 14.2. The Morgan fingerprint density at radius 1 is 1.12 bits per heavy atom. The first-order valence-electron chi connectivity index (χ1n) is 11.8. The van der Waals surface area contributed by atoms with Crippen LogP contribution in [0, 0.1) is 25.2 Å². The summed E-state index contributed by atoms with van der Waals surface area (Å²) in [5.41, 5.74) is 3.97. The minimum absolute atomic E-state index is 0.0128. The Labute approximate surface area is 197 Å². The molecule has 1 saturated heterocycles. The van der Waals surface area contributed by atoms with Gasteiger partial charge in [0.2, 0.25) is 0 Å². The molecule has 0 aromatic heterocycles. The van der Waals surface area contributed by atoms with E-state index in [1.165, 1.54) is 0 Å². The van der Waals surface area contributed by atoms with E-state index in [9.17, 15) is 14.9 Å². The van der Waals surface area contributed by atoms with Gasteiger partial charge in [0.15, 0.2) is 6.16 Å². The number of hydrogen-bond donors (Lipinski definition) is 1. The molecule has 1 heterocycles. The molecule has 2 aromatic carbocycles. The van der Waals surface area contributed by atoms with Crippen LogP contribution in [0.25, 0.3) is 0 Å². The zero-order valence-corrected chi connectivity index (χ0v) is 20.8. The second kappa shape index (κ2) is 11.4. The van der Waals surface area contributed by atoms with Gasteiger partial charge in [-0.05, 0) is 61.9 Å². The molecule has 1 amide bonds. The summed E-state index contributed by atoms with van der Waals surface area (Å²) >= 11 is 0. The first-order chi connectivity index (χ1) is 15.9. The monoisotopic (exact) mass is 465 g/mol. The van der Waals surface area contributed by atoms with Crippen LogP contribution < -0.4 is 5.32 Å². The normalized spacial score (nSPS) is 15.5. The van der Waals surface area contributed by atoms with Crippen molar-refractivity contribution in [1.29, 1.82) is 5.26 Å². The van der Waals surface area contributed by atoms with Gasteiger partial charge in [0.25, 0.3) is 5.91 Å². The molecular weight excluding hydrogens is 431 g/mol. The van der Waals surface area contributed by atoms with Gasteiger partial charge in [-0.1, -0.05) is 43.7 Å². The fourth-order valence-corrected chi connectivity index (χ4v) is 10.0. The average molecular weight is 466 g/mol. The SMILES string of the molecule is CCCC(C(=O)Nc1c(C)cc(C#N)cc1C)[P+]1(CC(=O)OCc2ccccc2)CCCC1. The van der Waals surface area contributed by atoms with E-state index in [2.05, 4.69) is 18.3 Å². The number of benzene rings is 2. The highest BCUT2D eigenvalue weighted by Gasteiger charge is 2.53. The Balaban J connectivity index is 1.77. The lowest BCUT2D eigenvalue weighted by Gasteiger charge is -2.30. The standard InChI is InChI=1S/C27H33N2O3P/c1-4-10-24(27(31)29-26-20(2)15-23(17-28)16-21(26)3)33(13-8-9-14-33)19-25(30)32-18-22-11-6-5-7-12-22/h5-7,11-12,15-16,24H,4,8-10,13-14,18-19H2,1-3H3/p+1. The number of nitriles is 1. The molecule has 1 fully saturated rings. The van der Waals surface area contributed by atoms with Crippen LogP contribution in [-0.4, -0.2) is 36.0 Å². The molecule has 0 saturated carbocycles. The molecular formula is C27H34N2O3P+. The quantitative estimate of drug-likeness (QED) is 0.373. The molecule has 33 heavy (non-hydrogen) atoms. The van der Waals surface area contributed by atoms with E-state index >= 15 is 0 Å². The third-order valence-corrected chi connectivity index (χ3v) is 11.7. The molecule has 1 aliphatic heterocycles. The smallest absolute Gasteiger partial charge is 0.344 e. The van der Waals surface area contributed by atoms with E-state index in [-0.39, 0.29) is 24.1 Å². The van der Waals surface area contributed by atoms with Crippen molar-refractivity contribution in [3.63, 3.8) is 0 Å². The summed E-state index contributed by atoms with van der Waals surface area (Å²) in [6.45, 7) is 6.20. The van der Waals surface area contributed by atoms with Crippen LogP contribution in [0.3, 0.4) is 0 Å². The fourth-order valence-electron chi connectivity index (χ4n) is 4.94. The van der Waals surface area contributed by atoms with Crippen molar-refractivity contribution in [1.82, 2.24) is 0 Å². The molecule has 3 rings (SSSR count). The van der Waals surface area contributed by atoms with Crippen LogP contribution in [0.2, 0.25) is 0 Å². The molecule has 0 radical (unpaired) electrons. The maximum absolute atomic E-state index is 13.6. The van der Waals surface area contributed by atoms with Crippen LogP contribution in [0.4, 0.5) is 5.69 Å². The van der Waals surface area contributed by atoms with E-state index in [1.54, 1.807) is 12.1 Å². The fraction of sp³-hybridized carbons (Fsp3) is 0.444. The molecule has 6 heteroatoms. The molecule has 174 valence electrons. The Morgan fingerprint density at radius 2 is 1.76 bits per heavy atom. The summed E-state index contributed by atoms with van der Waals surface area (Å²) in [4.78, 5) is 26.5. The number of aryl methyl sites for hydroxylation is 2. The van der Waals surface area contributed by atoms with E-state index in [0.717, 1.165) is 60.4 Å². The Hall–Kier alpha value is -2.70.